The summed E-state index contributed by atoms with van der Waals surface area (Å²) in [5.74, 6) is -0.614. The van der Waals surface area contributed by atoms with E-state index in [1.165, 1.54) is 0 Å². The molecule has 0 saturated carbocycles. The first kappa shape index (κ1) is 19.9. The molecule has 1 atom stereocenters. The second-order valence-corrected chi connectivity index (χ2v) is 8.28. The molecule has 1 heterocycles. The molecule has 146 valence electrons. The number of carbonyl (C=O) groups is 1. The summed E-state index contributed by atoms with van der Waals surface area (Å²) in [6.07, 6.45) is 1.88. The third kappa shape index (κ3) is 5.31. The predicted molar refractivity (Wildman–Crippen MR) is 105 cm³/mol. The number of amides is 1. The van der Waals surface area contributed by atoms with Crippen LogP contribution >= 0.6 is 0 Å². The van der Waals surface area contributed by atoms with Gasteiger partial charge in [0.05, 0.1) is 34.7 Å². The average molecular weight is 399 g/mol. The number of nitriles is 1. The number of nitrogens with zero attached hydrogens (tertiary/aromatic N) is 1. The van der Waals surface area contributed by atoms with Crippen LogP contribution in [-0.2, 0) is 20.5 Å². The Kier molecular flexibility index (Phi) is 6.29. The Morgan fingerprint density at radius 3 is 2.61 bits per heavy atom. The highest BCUT2D eigenvalue weighted by Gasteiger charge is 2.20. The zero-order chi connectivity index (χ0) is 20.0. The van der Waals surface area contributed by atoms with Crippen molar-refractivity contribution in [3.8, 4) is 6.07 Å². The van der Waals surface area contributed by atoms with E-state index in [0.29, 0.717) is 24.3 Å². The fraction of sp³-hybridized carbons (Fsp3) is 0.300. The van der Waals surface area contributed by atoms with E-state index in [0.717, 1.165) is 12.8 Å². The van der Waals surface area contributed by atoms with Crippen LogP contribution in [0.15, 0.2) is 48.5 Å². The zero-order valence-corrected chi connectivity index (χ0v) is 16.0. The molecule has 2 aromatic rings. The van der Waals surface area contributed by atoms with Crippen molar-refractivity contribution in [3.05, 3.63) is 65.2 Å². The SMILES string of the molecule is N#Cc1ccc(CS(=O)(=O)Nc2ccccc2C(=O)NC[C@H]2CCCO2)cc1. The molecule has 3 rings (SSSR count). The van der Waals surface area contributed by atoms with Crippen molar-refractivity contribution in [2.24, 2.45) is 0 Å². The van der Waals surface area contributed by atoms with Gasteiger partial charge in [0.2, 0.25) is 10.0 Å². The number of benzene rings is 2. The highest BCUT2D eigenvalue weighted by molar-refractivity contribution is 7.91. The summed E-state index contributed by atoms with van der Waals surface area (Å²) in [5.41, 5.74) is 1.49. The van der Waals surface area contributed by atoms with E-state index in [-0.39, 0.29) is 29.0 Å². The van der Waals surface area contributed by atoms with Crippen molar-refractivity contribution in [3.63, 3.8) is 0 Å². The highest BCUT2D eigenvalue weighted by Crippen LogP contribution is 2.19. The van der Waals surface area contributed by atoms with Gasteiger partial charge >= 0.3 is 0 Å². The largest absolute Gasteiger partial charge is 0.376 e. The van der Waals surface area contributed by atoms with E-state index in [4.69, 9.17) is 10.00 Å². The van der Waals surface area contributed by atoms with Gasteiger partial charge in [-0.2, -0.15) is 5.26 Å². The Morgan fingerprint density at radius 2 is 1.93 bits per heavy atom. The Bertz CT molecular complexity index is 975. The van der Waals surface area contributed by atoms with E-state index < -0.39 is 10.0 Å². The number of sulfonamides is 1. The molecule has 8 heteroatoms. The van der Waals surface area contributed by atoms with Gasteiger partial charge in [-0.3, -0.25) is 9.52 Å². The molecule has 0 radical (unpaired) electrons. The van der Waals surface area contributed by atoms with Gasteiger partial charge in [-0.15, -0.1) is 0 Å². The molecule has 2 aromatic carbocycles. The molecule has 2 N–H and O–H groups in total. The molecule has 0 aliphatic carbocycles. The number of hydrogen-bond donors (Lipinski definition) is 2. The third-order valence-corrected chi connectivity index (χ3v) is 5.64. The van der Waals surface area contributed by atoms with E-state index in [1.54, 1.807) is 48.5 Å². The van der Waals surface area contributed by atoms with Crippen LogP contribution in [0.1, 0.15) is 34.3 Å². The summed E-state index contributed by atoms with van der Waals surface area (Å²) in [5, 5.41) is 11.6. The first-order valence-electron chi connectivity index (χ1n) is 8.95. The van der Waals surface area contributed by atoms with Gasteiger partial charge in [0, 0.05) is 13.2 Å². The smallest absolute Gasteiger partial charge is 0.253 e. The Morgan fingerprint density at radius 1 is 1.18 bits per heavy atom. The molecule has 1 fully saturated rings. The van der Waals surface area contributed by atoms with Gasteiger partial charge in [0.15, 0.2) is 0 Å². The number of ether oxygens (including phenoxy) is 1. The minimum Gasteiger partial charge on any atom is -0.376 e. The standard InChI is InChI=1S/C20H21N3O4S/c21-12-15-7-9-16(10-8-15)14-28(25,26)23-19-6-2-1-5-18(19)20(24)22-13-17-4-3-11-27-17/h1-2,5-10,17,23H,3-4,11,13-14H2,(H,22,24)/t17-/m1/s1. The molecule has 1 amide bonds. The summed E-state index contributed by atoms with van der Waals surface area (Å²) in [7, 11) is -3.73. The number of rotatable bonds is 7. The van der Waals surface area contributed by atoms with Crippen molar-refractivity contribution in [1.82, 2.24) is 5.32 Å². The Balaban J connectivity index is 1.68. The fourth-order valence-corrected chi connectivity index (χ4v) is 4.19. The molecule has 7 nitrogen and oxygen atoms in total. The maximum absolute atomic E-state index is 12.5. The normalized spacial score (nSPS) is 16.3. The van der Waals surface area contributed by atoms with Gasteiger partial charge in [-0.25, -0.2) is 8.42 Å². The molecule has 1 aliphatic heterocycles. The number of hydrogen-bond acceptors (Lipinski definition) is 5. The minimum absolute atomic E-state index is 0.00388. The lowest BCUT2D eigenvalue weighted by atomic mass is 10.1. The van der Waals surface area contributed by atoms with Crippen molar-refractivity contribution >= 4 is 21.6 Å². The first-order chi connectivity index (χ1) is 13.5. The summed E-state index contributed by atoms with van der Waals surface area (Å²) in [4.78, 5) is 12.5. The maximum atomic E-state index is 12.5. The van der Waals surface area contributed by atoms with Crippen molar-refractivity contribution in [2.75, 3.05) is 17.9 Å². The fourth-order valence-electron chi connectivity index (χ4n) is 2.98. The lowest BCUT2D eigenvalue weighted by Gasteiger charge is -2.14. The minimum atomic E-state index is -3.73. The third-order valence-electron chi connectivity index (χ3n) is 4.39. The number of anilines is 1. The second kappa shape index (κ2) is 8.87. The summed E-state index contributed by atoms with van der Waals surface area (Å²) < 4.78 is 33.1. The van der Waals surface area contributed by atoms with Crippen LogP contribution in [0.25, 0.3) is 0 Å². The number of carbonyl (C=O) groups excluding carboxylic acids is 1. The van der Waals surface area contributed by atoms with E-state index in [2.05, 4.69) is 10.0 Å². The van der Waals surface area contributed by atoms with Crippen LogP contribution in [-0.4, -0.2) is 33.6 Å². The van der Waals surface area contributed by atoms with Crippen LogP contribution in [0.5, 0.6) is 0 Å². The van der Waals surface area contributed by atoms with Crippen LogP contribution in [0.3, 0.4) is 0 Å². The zero-order valence-electron chi connectivity index (χ0n) is 15.2. The van der Waals surface area contributed by atoms with Crippen molar-refractivity contribution in [1.29, 1.82) is 5.26 Å². The average Bonchev–Trinajstić information content (AvgIpc) is 3.20. The molecule has 0 spiro atoms. The number of nitrogens with one attached hydrogen (secondary N) is 2. The van der Waals surface area contributed by atoms with Crippen LogP contribution < -0.4 is 10.0 Å². The van der Waals surface area contributed by atoms with E-state index in [9.17, 15) is 13.2 Å². The summed E-state index contributed by atoms with van der Waals surface area (Å²) in [6, 6.07) is 14.8. The number of para-hydroxylation sites is 1. The van der Waals surface area contributed by atoms with Crippen LogP contribution in [0, 0.1) is 11.3 Å². The molecule has 1 saturated heterocycles. The van der Waals surface area contributed by atoms with Gasteiger partial charge in [-0.1, -0.05) is 24.3 Å². The van der Waals surface area contributed by atoms with Gasteiger partial charge in [0.25, 0.3) is 5.91 Å². The monoisotopic (exact) mass is 399 g/mol. The summed E-state index contributed by atoms with van der Waals surface area (Å²) >= 11 is 0. The molecular formula is C20H21N3O4S. The van der Waals surface area contributed by atoms with Gasteiger partial charge in [0.1, 0.15) is 0 Å². The molecular weight excluding hydrogens is 378 g/mol. The highest BCUT2D eigenvalue weighted by atomic mass is 32.2. The quantitative estimate of drug-likeness (QED) is 0.743. The maximum Gasteiger partial charge on any atom is 0.253 e. The predicted octanol–water partition coefficient (Wildman–Crippen LogP) is 2.41. The lowest BCUT2D eigenvalue weighted by Crippen LogP contribution is -2.32. The molecule has 0 unspecified atom stereocenters. The topological polar surface area (TPSA) is 108 Å². The van der Waals surface area contributed by atoms with Crippen LogP contribution in [0.4, 0.5) is 5.69 Å². The van der Waals surface area contributed by atoms with Crippen molar-refractivity contribution in [2.45, 2.75) is 24.7 Å². The van der Waals surface area contributed by atoms with Crippen LogP contribution in [0.2, 0.25) is 0 Å². The first-order valence-corrected chi connectivity index (χ1v) is 10.6. The molecule has 28 heavy (non-hydrogen) atoms. The lowest BCUT2D eigenvalue weighted by molar-refractivity contribution is 0.0858. The molecule has 0 aromatic heterocycles. The second-order valence-electron chi connectivity index (χ2n) is 6.56. The molecule has 0 bridgehead atoms. The Labute approximate surface area is 164 Å². The van der Waals surface area contributed by atoms with Crippen molar-refractivity contribution < 1.29 is 17.9 Å². The summed E-state index contributed by atoms with van der Waals surface area (Å²) in [6.45, 7) is 1.09. The van der Waals surface area contributed by atoms with Gasteiger partial charge in [-0.05, 0) is 42.7 Å². The van der Waals surface area contributed by atoms with Gasteiger partial charge < -0.3 is 10.1 Å². The van der Waals surface area contributed by atoms with E-state index >= 15 is 0 Å². The van der Waals surface area contributed by atoms with E-state index in [1.807, 2.05) is 6.07 Å². The molecule has 1 aliphatic rings. The Hall–Kier alpha value is -2.89.